The molecule has 0 radical (unpaired) electrons. The van der Waals surface area contributed by atoms with E-state index in [9.17, 15) is 4.79 Å². The van der Waals surface area contributed by atoms with Crippen molar-refractivity contribution in [3.63, 3.8) is 0 Å². The van der Waals surface area contributed by atoms with Crippen LogP contribution in [0.15, 0.2) is 10.5 Å². The van der Waals surface area contributed by atoms with Crippen molar-refractivity contribution in [3.05, 3.63) is 23.2 Å². The number of rotatable bonds is 6. The lowest BCUT2D eigenvalue weighted by Crippen LogP contribution is -2.29. The third-order valence-corrected chi connectivity index (χ3v) is 3.15. The summed E-state index contributed by atoms with van der Waals surface area (Å²) in [6.45, 7) is 6.42. The van der Waals surface area contributed by atoms with E-state index in [1.807, 2.05) is 6.92 Å². The first-order valence-electron chi connectivity index (χ1n) is 5.99. The van der Waals surface area contributed by atoms with Gasteiger partial charge in [-0.25, -0.2) is 0 Å². The Labute approximate surface area is 108 Å². The number of hydrogen-bond acceptors (Lipinski definition) is 2. The Kier molecular flexibility index (Phi) is 5.56. The van der Waals surface area contributed by atoms with Gasteiger partial charge in [-0.2, -0.15) is 0 Å². The van der Waals surface area contributed by atoms with Crippen molar-refractivity contribution in [2.45, 2.75) is 33.6 Å². The minimum Gasteiger partial charge on any atom is -0.466 e. The largest absolute Gasteiger partial charge is 0.466 e. The fraction of sp³-hybridized carbons (Fsp3) is 0.615. The molecule has 1 heterocycles. The SMILES string of the molecule is CCC(CCCl)CNC(=O)c1cc(C)oc1C. The summed E-state index contributed by atoms with van der Waals surface area (Å²) in [5.41, 5.74) is 0.628. The minimum atomic E-state index is -0.0626. The molecule has 0 aromatic carbocycles. The minimum absolute atomic E-state index is 0.0626. The van der Waals surface area contributed by atoms with Crippen LogP contribution in [0.3, 0.4) is 0 Å². The zero-order chi connectivity index (χ0) is 12.8. The third-order valence-electron chi connectivity index (χ3n) is 2.93. The van der Waals surface area contributed by atoms with E-state index < -0.39 is 0 Å². The van der Waals surface area contributed by atoms with E-state index in [1.165, 1.54) is 0 Å². The summed E-state index contributed by atoms with van der Waals surface area (Å²) in [7, 11) is 0. The maximum atomic E-state index is 11.9. The fourth-order valence-corrected chi connectivity index (χ4v) is 2.10. The molecule has 0 saturated carbocycles. The van der Waals surface area contributed by atoms with Crippen molar-refractivity contribution in [2.24, 2.45) is 5.92 Å². The monoisotopic (exact) mass is 257 g/mol. The summed E-state index contributed by atoms with van der Waals surface area (Å²) in [4.78, 5) is 11.9. The summed E-state index contributed by atoms with van der Waals surface area (Å²) >= 11 is 5.71. The van der Waals surface area contributed by atoms with E-state index in [0.29, 0.717) is 29.7 Å². The van der Waals surface area contributed by atoms with Crippen LogP contribution in [0.1, 0.15) is 41.6 Å². The second-order valence-corrected chi connectivity index (χ2v) is 4.67. The molecule has 4 heteroatoms. The van der Waals surface area contributed by atoms with Crippen molar-refractivity contribution in [1.29, 1.82) is 0 Å². The van der Waals surface area contributed by atoms with Gasteiger partial charge in [-0.3, -0.25) is 4.79 Å². The van der Waals surface area contributed by atoms with Gasteiger partial charge in [0.05, 0.1) is 5.56 Å². The number of hydrogen-bond donors (Lipinski definition) is 1. The molecular formula is C13H20ClNO2. The van der Waals surface area contributed by atoms with E-state index in [2.05, 4.69) is 12.2 Å². The van der Waals surface area contributed by atoms with Gasteiger partial charge in [-0.15, -0.1) is 11.6 Å². The summed E-state index contributed by atoms with van der Waals surface area (Å²) in [6.07, 6.45) is 1.96. The molecule has 1 aromatic rings. The van der Waals surface area contributed by atoms with Gasteiger partial charge in [0, 0.05) is 12.4 Å². The molecule has 1 unspecified atom stereocenters. The standard InChI is InChI=1S/C13H20ClNO2/c1-4-11(5-6-14)8-15-13(16)12-7-9(2)17-10(12)3/h7,11H,4-6,8H2,1-3H3,(H,15,16). The van der Waals surface area contributed by atoms with Gasteiger partial charge in [0.1, 0.15) is 11.5 Å². The number of halogens is 1. The van der Waals surface area contributed by atoms with Crippen molar-refractivity contribution in [3.8, 4) is 0 Å². The molecule has 1 amide bonds. The van der Waals surface area contributed by atoms with Gasteiger partial charge in [-0.05, 0) is 32.3 Å². The summed E-state index contributed by atoms with van der Waals surface area (Å²) < 4.78 is 5.33. The van der Waals surface area contributed by atoms with Gasteiger partial charge in [0.15, 0.2) is 0 Å². The molecule has 1 atom stereocenters. The van der Waals surface area contributed by atoms with Crippen LogP contribution >= 0.6 is 11.6 Å². The molecule has 0 saturated heterocycles. The molecule has 96 valence electrons. The van der Waals surface area contributed by atoms with E-state index in [-0.39, 0.29) is 5.91 Å². The van der Waals surface area contributed by atoms with Crippen molar-refractivity contribution < 1.29 is 9.21 Å². The third kappa shape index (κ3) is 4.08. The Balaban J connectivity index is 2.52. The normalized spacial score (nSPS) is 12.5. The summed E-state index contributed by atoms with van der Waals surface area (Å²) in [6, 6.07) is 1.77. The topological polar surface area (TPSA) is 42.2 Å². The lowest BCUT2D eigenvalue weighted by molar-refractivity contribution is 0.0945. The molecular weight excluding hydrogens is 238 g/mol. The molecule has 17 heavy (non-hydrogen) atoms. The Morgan fingerprint density at radius 2 is 2.24 bits per heavy atom. The highest BCUT2D eigenvalue weighted by molar-refractivity contribution is 6.17. The molecule has 1 N–H and O–H groups in total. The summed E-state index contributed by atoms with van der Waals surface area (Å²) in [5, 5.41) is 2.93. The first-order chi connectivity index (χ1) is 8.08. The second kappa shape index (κ2) is 6.70. The average Bonchev–Trinajstić information content (AvgIpc) is 2.63. The number of nitrogens with one attached hydrogen (secondary N) is 1. The highest BCUT2D eigenvalue weighted by atomic mass is 35.5. The maximum Gasteiger partial charge on any atom is 0.254 e. The molecule has 0 fully saturated rings. The Morgan fingerprint density at radius 3 is 2.71 bits per heavy atom. The lowest BCUT2D eigenvalue weighted by atomic mass is 10.0. The average molecular weight is 258 g/mol. The fourth-order valence-electron chi connectivity index (χ4n) is 1.79. The first-order valence-corrected chi connectivity index (χ1v) is 6.53. The molecule has 0 spiro atoms. The molecule has 1 aromatic heterocycles. The zero-order valence-corrected chi connectivity index (χ0v) is 11.4. The van der Waals surface area contributed by atoms with Crippen LogP contribution in [0.2, 0.25) is 0 Å². The number of carbonyl (C=O) groups excluding carboxylic acids is 1. The summed E-state index contributed by atoms with van der Waals surface area (Å²) in [5.74, 6) is 2.46. The first kappa shape index (κ1) is 14.1. The zero-order valence-electron chi connectivity index (χ0n) is 10.7. The van der Waals surface area contributed by atoms with E-state index in [1.54, 1.807) is 13.0 Å². The number of alkyl halides is 1. The molecule has 3 nitrogen and oxygen atoms in total. The highest BCUT2D eigenvalue weighted by Gasteiger charge is 2.14. The molecule has 0 aliphatic heterocycles. The quantitative estimate of drug-likeness (QED) is 0.795. The number of furan rings is 1. The number of aryl methyl sites for hydroxylation is 2. The highest BCUT2D eigenvalue weighted by Crippen LogP contribution is 2.14. The predicted molar refractivity (Wildman–Crippen MR) is 69.6 cm³/mol. The number of amides is 1. The Bertz CT molecular complexity index is 373. The van der Waals surface area contributed by atoms with E-state index in [4.69, 9.17) is 16.0 Å². The van der Waals surface area contributed by atoms with Crippen LogP contribution in [0.5, 0.6) is 0 Å². The molecule has 0 aliphatic carbocycles. The smallest absolute Gasteiger partial charge is 0.254 e. The Hall–Kier alpha value is -0.960. The van der Waals surface area contributed by atoms with Gasteiger partial charge >= 0.3 is 0 Å². The van der Waals surface area contributed by atoms with Crippen LogP contribution < -0.4 is 5.32 Å². The van der Waals surface area contributed by atoms with Crippen LogP contribution in [-0.2, 0) is 0 Å². The van der Waals surface area contributed by atoms with Crippen LogP contribution in [0.4, 0.5) is 0 Å². The van der Waals surface area contributed by atoms with Crippen LogP contribution in [-0.4, -0.2) is 18.3 Å². The Morgan fingerprint density at radius 1 is 1.53 bits per heavy atom. The van der Waals surface area contributed by atoms with E-state index >= 15 is 0 Å². The van der Waals surface area contributed by atoms with Gasteiger partial charge in [0.2, 0.25) is 0 Å². The molecule has 0 bridgehead atoms. The lowest BCUT2D eigenvalue weighted by Gasteiger charge is -2.13. The van der Waals surface area contributed by atoms with Gasteiger partial charge in [-0.1, -0.05) is 13.3 Å². The van der Waals surface area contributed by atoms with Crippen LogP contribution in [0, 0.1) is 19.8 Å². The maximum absolute atomic E-state index is 11.9. The predicted octanol–water partition coefficient (Wildman–Crippen LogP) is 3.28. The molecule has 0 aliphatic rings. The van der Waals surface area contributed by atoms with Crippen molar-refractivity contribution in [2.75, 3.05) is 12.4 Å². The van der Waals surface area contributed by atoms with Gasteiger partial charge in [0.25, 0.3) is 5.91 Å². The number of carbonyl (C=O) groups is 1. The second-order valence-electron chi connectivity index (χ2n) is 4.29. The van der Waals surface area contributed by atoms with Crippen molar-refractivity contribution in [1.82, 2.24) is 5.32 Å². The van der Waals surface area contributed by atoms with E-state index in [0.717, 1.165) is 18.6 Å². The molecule has 1 rings (SSSR count). The van der Waals surface area contributed by atoms with Crippen LogP contribution in [0.25, 0.3) is 0 Å². The van der Waals surface area contributed by atoms with Crippen molar-refractivity contribution >= 4 is 17.5 Å². The van der Waals surface area contributed by atoms with Gasteiger partial charge < -0.3 is 9.73 Å².